The maximum absolute atomic E-state index is 12.6. The van der Waals surface area contributed by atoms with Crippen molar-refractivity contribution < 1.29 is 9.32 Å². The largest absolute Gasteiger partial charge is 0.343 e. The minimum atomic E-state index is -0.163. The van der Waals surface area contributed by atoms with Crippen molar-refractivity contribution in [1.82, 2.24) is 20.4 Å². The molecule has 0 fully saturated rings. The van der Waals surface area contributed by atoms with Gasteiger partial charge in [0.05, 0.1) is 6.54 Å². The Morgan fingerprint density at radius 2 is 1.76 bits per heavy atom. The van der Waals surface area contributed by atoms with E-state index in [-0.39, 0.29) is 12.5 Å². The number of rotatable bonds is 6. The molecule has 4 aromatic rings. The predicted octanol–water partition coefficient (Wildman–Crippen LogP) is 4.53. The monoisotopic (exact) mass is 438 g/mol. The molecule has 1 aromatic heterocycles. The predicted molar refractivity (Wildman–Crippen MR) is 126 cm³/mol. The maximum Gasteiger partial charge on any atom is 0.251 e. The van der Waals surface area contributed by atoms with Crippen molar-refractivity contribution in [3.8, 4) is 11.4 Å². The van der Waals surface area contributed by atoms with Crippen LogP contribution >= 0.6 is 0 Å². The van der Waals surface area contributed by atoms with Crippen LogP contribution in [0.1, 0.15) is 38.5 Å². The molecule has 1 amide bonds. The zero-order valence-corrected chi connectivity index (χ0v) is 18.6. The third-order valence-electron chi connectivity index (χ3n) is 6.01. The van der Waals surface area contributed by atoms with Crippen LogP contribution in [0.2, 0.25) is 0 Å². The summed E-state index contributed by atoms with van der Waals surface area (Å²) < 4.78 is 5.28. The zero-order chi connectivity index (χ0) is 22.6. The van der Waals surface area contributed by atoms with Crippen LogP contribution in [0.3, 0.4) is 0 Å². The van der Waals surface area contributed by atoms with E-state index in [0.29, 0.717) is 17.3 Å². The molecule has 166 valence electrons. The Kier molecular flexibility index (Phi) is 6.00. The van der Waals surface area contributed by atoms with Gasteiger partial charge in [0.1, 0.15) is 0 Å². The summed E-state index contributed by atoms with van der Waals surface area (Å²) in [5.41, 5.74) is 6.72. The lowest BCUT2D eigenvalue weighted by Gasteiger charge is -2.28. The fourth-order valence-corrected chi connectivity index (χ4v) is 4.11. The van der Waals surface area contributed by atoms with Crippen molar-refractivity contribution in [3.63, 3.8) is 0 Å². The highest BCUT2D eigenvalue weighted by Crippen LogP contribution is 2.20. The van der Waals surface area contributed by atoms with Gasteiger partial charge in [-0.15, -0.1) is 0 Å². The van der Waals surface area contributed by atoms with Crippen molar-refractivity contribution in [2.45, 2.75) is 33.0 Å². The summed E-state index contributed by atoms with van der Waals surface area (Å²) in [7, 11) is 0. The molecule has 33 heavy (non-hydrogen) atoms. The smallest absolute Gasteiger partial charge is 0.251 e. The number of aromatic nitrogens is 2. The van der Waals surface area contributed by atoms with Gasteiger partial charge in [0.2, 0.25) is 11.7 Å². The van der Waals surface area contributed by atoms with E-state index in [1.165, 1.54) is 22.3 Å². The molecular weight excluding hydrogens is 412 g/mol. The van der Waals surface area contributed by atoms with Crippen LogP contribution in [0.4, 0.5) is 0 Å². The van der Waals surface area contributed by atoms with Gasteiger partial charge in [-0.2, -0.15) is 4.98 Å². The van der Waals surface area contributed by atoms with Gasteiger partial charge in [-0.3, -0.25) is 9.69 Å². The number of carbonyl (C=O) groups excluding carboxylic acids is 1. The number of hydrogen-bond donors (Lipinski definition) is 1. The molecule has 0 unspecified atom stereocenters. The lowest BCUT2D eigenvalue weighted by Crippen LogP contribution is -2.30. The zero-order valence-electron chi connectivity index (χ0n) is 18.6. The Labute approximate surface area is 193 Å². The molecule has 1 aliphatic rings. The van der Waals surface area contributed by atoms with E-state index < -0.39 is 0 Å². The molecule has 0 bridgehead atoms. The maximum atomic E-state index is 12.6. The van der Waals surface area contributed by atoms with Crippen LogP contribution in [0.25, 0.3) is 11.4 Å². The second kappa shape index (κ2) is 9.38. The van der Waals surface area contributed by atoms with E-state index in [1.807, 2.05) is 55.5 Å². The molecule has 1 N–H and O–H groups in total. The van der Waals surface area contributed by atoms with Crippen LogP contribution in [0.15, 0.2) is 77.3 Å². The second-order valence-electron chi connectivity index (χ2n) is 8.49. The van der Waals surface area contributed by atoms with E-state index >= 15 is 0 Å². The standard InChI is InChI=1S/C27H26N4O2/c1-19-6-10-22(11-7-19)26-29-25(33-30-26)16-28-27(32)23-12-8-20(9-13-23)17-31-15-14-21-4-2-3-5-24(21)18-31/h2-13H,14-18H2,1H3,(H,28,32). The number of amides is 1. The molecule has 1 aliphatic heterocycles. The number of aryl methyl sites for hydroxylation is 1. The molecule has 0 radical (unpaired) electrons. The lowest BCUT2D eigenvalue weighted by atomic mass is 9.99. The number of nitrogens with zero attached hydrogens (tertiary/aromatic N) is 3. The Morgan fingerprint density at radius 3 is 2.55 bits per heavy atom. The summed E-state index contributed by atoms with van der Waals surface area (Å²) in [4.78, 5) is 19.4. The van der Waals surface area contributed by atoms with Crippen LogP contribution in [-0.2, 0) is 26.1 Å². The average Bonchev–Trinajstić information content (AvgIpc) is 3.32. The van der Waals surface area contributed by atoms with E-state index in [1.54, 1.807) is 0 Å². The highest BCUT2D eigenvalue weighted by molar-refractivity contribution is 5.94. The van der Waals surface area contributed by atoms with Crippen LogP contribution in [0.5, 0.6) is 0 Å². The number of fused-ring (bicyclic) bond motifs is 1. The van der Waals surface area contributed by atoms with Crippen LogP contribution in [-0.4, -0.2) is 27.5 Å². The lowest BCUT2D eigenvalue weighted by molar-refractivity contribution is 0.0946. The summed E-state index contributed by atoms with van der Waals surface area (Å²) in [5.74, 6) is 0.730. The molecule has 0 atom stereocenters. The van der Waals surface area contributed by atoms with Crippen LogP contribution in [0, 0.1) is 6.92 Å². The molecule has 0 spiro atoms. The third-order valence-corrected chi connectivity index (χ3v) is 6.01. The minimum Gasteiger partial charge on any atom is -0.343 e. The molecule has 2 heterocycles. The first-order valence-electron chi connectivity index (χ1n) is 11.2. The van der Waals surface area contributed by atoms with Gasteiger partial charge in [0.25, 0.3) is 5.91 Å². The summed E-state index contributed by atoms with van der Waals surface area (Å²) in [6, 6.07) is 24.3. The fourth-order valence-electron chi connectivity index (χ4n) is 4.11. The summed E-state index contributed by atoms with van der Waals surface area (Å²) in [6.45, 7) is 5.11. The first kappa shape index (κ1) is 21.1. The van der Waals surface area contributed by atoms with Crippen molar-refractivity contribution in [2.75, 3.05) is 6.54 Å². The normalized spacial score (nSPS) is 13.5. The van der Waals surface area contributed by atoms with Gasteiger partial charge >= 0.3 is 0 Å². The van der Waals surface area contributed by atoms with Crippen molar-refractivity contribution in [3.05, 3.63) is 107 Å². The SMILES string of the molecule is Cc1ccc(-c2noc(CNC(=O)c3ccc(CN4CCc5ccccc5C4)cc3)n2)cc1. The van der Waals surface area contributed by atoms with Gasteiger partial charge in [-0.25, -0.2) is 0 Å². The Balaban J connectivity index is 1.15. The van der Waals surface area contributed by atoms with E-state index in [0.717, 1.165) is 31.6 Å². The summed E-state index contributed by atoms with van der Waals surface area (Å²) >= 11 is 0. The number of carbonyl (C=O) groups is 1. The number of nitrogens with one attached hydrogen (secondary N) is 1. The Bertz CT molecular complexity index is 1250. The Morgan fingerprint density at radius 1 is 1.00 bits per heavy atom. The molecular formula is C27H26N4O2. The minimum absolute atomic E-state index is 0.163. The van der Waals surface area contributed by atoms with E-state index in [2.05, 4.69) is 44.6 Å². The van der Waals surface area contributed by atoms with Gasteiger partial charge in [0, 0.05) is 30.8 Å². The first-order valence-corrected chi connectivity index (χ1v) is 11.2. The Hall–Kier alpha value is -3.77. The molecule has 0 saturated carbocycles. The van der Waals surface area contributed by atoms with Gasteiger partial charge < -0.3 is 9.84 Å². The van der Waals surface area contributed by atoms with E-state index in [4.69, 9.17) is 4.52 Å². The highest BCUT2D eigenvalue weighted by atomic mass is 16.5. The van der Waals surface area contributed by atoms with Gasteiger partial charge in [-0.05, 0) is 42.2 Å². The number of hydrogen-bond acceptors (Lipinski definition) is 5. The molecule has 5 rings (SSSR count). The quantitative estimate of drug-likeness (QED) is 0.479. The van der Waals surface area contributed by atoms with Gasteiger partial charge in [0.15, 0.2) is 0 Å². The number of benzene rings is 3. The fraction of sp³-hybridized carbons (Fsp3) is 0.222. The van der Waals surface area contributed by atoms with Gasteiger partial charge in [-0.1, -0.05) is 71.4 Å². The van der Waals surface area contributed by atoms with Crippen molar-refractivity contribution in [1.29, 1.82) is 0 Å². The molecule has 3 aromatic carbocycles. The van der Waals surface area contributed by atoms with Crippen molar-refractivity contribution >= 4 is 5.91 Å². The van der Waals surface area contributed by atoms with Crippen molar-refractivity contribution in [2.24, 2.45) is 0 Å². The average molecular weight is 439 g/mol. The highest BCUT2D eigenvalue weighted by Gasteiger charge is 2.16. The topological polar surface area (TPSA) is 71.3 Å². The van der Waals surface area contributed by atoms with E-state index in [9.17, 15) is 4.79 Å². The summed E-state index contributed by atoms with van der Waals surface area (Å²) in [6.07, 6.45) is 1.08. The second-order valence-corrected chi connectivity index (χ2v) is 8.49. The summed E-state index contributed by atoms with van der Waals surface area (Å²) in [5, 5.41) is 6.86. The molecule has 6 heteroatoms. The first-order chi connectivity index (χ1) is 16.1. The molecule has 0 aliphatic carbocycles. The third kappa shape index (κ3) is 5.02. The molecule has 6 nitrogen and oxygen atoms in total. The van der Waals surface area contributed by atoms with Crippen LogP contribution < -0.4 is 5.32 Å². The molecule has 0 saturated heterocycles.